The van der Waals surface area contributed by atoms with E-state index in [0.717, 1.165) is 30.8 Å². The minimum Gasteiger partial charge on any atom is -0.494 e. The van der Waals surface area contributed by atoms with Crippen molar-refractivity contribution in [2.75, 3.05) is 6.61 Å². The second-order valence-electron chi connectivity index (χ2n) is 4.03. The zero-order valence-corrected chi connectivity index (χ0v) is 11.6. The molecule has 1 N–H and O–H groups in total. The summed E-state index contributed by atoms with van der Waals surface area (Å²) in [6.45, 7) is 2.88. The molecule has 0 fully saturated rings. The zero-order chi connectivity index (χ0) is 13.5. The Morgan fingerprint density at radius 2 is 2.42 bits per heavy atom. The normalized spacial score (nSPS) is 11.0. The van der Waals surface area contributed by atoms with Crippen LogP contribution in [0.5, 0.6) is 5.75 Å². The van der Waals surface area contributed by atoms with E-state index in [9.17, 15) is 0 Å². The summed E-state index contributed by atoms with van der Waals surface area (Å²) in [7, 11) is 0. The van der Waals surface area contributed by atoms with Crippen molar-refractivity contribution in [1.29, 1.82) is 0 Å². The predicted molar refractivity (Wildman–Crippen MR) is 77.2 cm³/mol. The molecule has 19 heavy (non-hydrogen) atoms. The number of aromatic nitrogens is 3. The van der Waals surface area contributed by atoms with Crippen molar-refractivity contribution in [2.24, 2.45) is 5.10 Å². The van der Waals surface area contributed by atoms with E-state index in [1.165, 1.54) is 11.0 Å². The fourth-order valence-corrected chi connectivity index (χ4v) is 1.62. The van der Waals surface area contributed by atoms with Gasteiger partial charge in [0.1, 0.15) is 12.1 Å². The fraction of sp³-hybridized carbons (Fsp3) is 0.308. The van der Waals surface area contributed by atoms with Gasteiger partial charge in [0.25, 0.3) is 0 Å². The van der Waals surface area contributed by atoms with Gasteiger partial charge in [0, 0.05) is 0 Å². The van der Waals surface area contributed by atoms with Crippen molar-refractivity contribution in [2.45, 2.75) is 19.8 Å². The second-order valence-corrected chi connectivity index (χ2v) is 4.41. The molecule has 0 aliphatic carbocycles. The highest BCUT2D eigenvalue weighted by Gasteiger charge is 1.95. The molecule has 1 aromatic heterocycles. The van der Waals surface area contributed by atoms with E-state index in [2.05, 4.69) is 22.2 Å². The Labute approximate surface area is 116 Å². The average molecular weight is 276 g/mol. The van der Waals surface area contributed by atoms with E-state index in [1.807, 2.05) is 24.3 Å². The third-order valence-electron chi connectivity index (χ3n) is 2.49. The maximum atomic E-state index is 5.64. The standard InChI is InChI=1S/C13H16N4OS/c1-2-3-7-18-12-6-4-5-11(8-12)9-15-17-10-14-16-13(17)19/h4-6,8-10H,2-3,7H2,1H3,(H,16,19)/b15-9+. The van der Waals surface area contributed by atoms with Crippen molar-refractivity contribution in [1.82, 2.24) is 14.9 Å². The molecule has 0 spiro atoms. The van der Waals surface area contributed by atoms with E-state index in [0.29, 0.717) is 4.77 Å². The summed E-state index contributed by atoms with van der Waals surface area (Å²) in [5, 5.41) is 10.6. The summed E-state index contributed by atoms with van der Waals surface area (Å²) in [5.41, 5.74) is 0.956. The van der Waals surface area contributed by atoms with Crippen molar-refractivity contribution >= 4 is 18.4 Å². The molecule has 5 nitrogen and oxygen atoms in total. The van der Waals surface area contributed by atoms with E-state index in [4.69, 9.17) is 17.0 Å². The van der Waals surface area contributed by atoms with Crippen LogP contribution in [-0.4, -0.2) is 27.7 Å². The molecule has 0 amide bonds. The Kier molecular flexibility index (Phi) is 4.85. The first-order valence-electron chi connectivity index (χ1n) is 6.19. The lowest BCUT2D eigenvalue weighted by molar-refractivity contribution is 0.309. The smallest absolute Gasteiger partial charge is 0.216 e. The van der Waals surface area contributed by atoms with E-state index in [1.54, 1.807) is 6.21 Å². The molecular formula is C13H16N4OS. The van der Waals surface area contributed by atoms with Crippen LogP contribution >= 0.6 is 12.2 Å². The van der Waals surface area contributed by atoms with Crippen LogP contribution in [0.4, 0.5) is 0 Å². The molecule has 0 saturated heterocycles. The molecule has 0 saturated carbocycles. The van der Waals surface area contributed by atoms with Gasteiger partial charge in [-0.2, -0.15) is 14.9 Å². The third-order valence-corrected chi connectivity index (χ3v) is 2.77. The zero-order valence-electron chi connectivity index (χ0n) is 10.7. The summed E-state index contributed by atoms with van der Waals surface area (Å²) in [4.78, 5) is 0. The van der Waals surface area contributed by atoms with Crippen molar-refractivity contribution in [3.63, 3.8) is 0 Å². The van der Waals surface area contributed by atoms with Crippen molar-refractivity contribution in [3.8, 4) is 5.75 Å². The van der Waals surface area contributed by atoms with E-state index < -0.39 is 0 Å². The largest absolute Gasteiger partial charge is 0.494 e. The summed E-state index contributed by atoms with van der Waals surface area (Å²) >= 11 is 5.00. The average Bonchev–Trinajstić information content (AvgIpc) is 2.83. The number of ether oxygens (including phenoxy) is 1. The summed E-state index contributed by atoms with van der Waals surface area (Å²) in [6.07, 6.45) is 5.43. The molecule has 0 bridgehead atoms. The van der Waals surface area contributed by atoms with Gasteiger partial charge in [-0.05, 0) is 36.3 Å². The maximum Gasteiger partial charge on any atom is 0.216 e. The van der Waals surface area contributed by atoms with Gasteiger partial charge in [-0.25, -0.2) is 0 Å². The molecule has 1 heterocycles. The van der Waals surface area contributed by atoms with Gasteiger partial charge < -0.3 is 4.74 Å². The molecule has 0 unspecified atom stereocenters. The van der Waals surface area contributed by atoms with Gasteiger partial charge in [-0.15, -0.1) is 0 Å². The fourth-order valence-electron chi connectivity index (χ4n) is 1.47. The lowest BCUT2D eigenvalue weighted by Crippen LogP contribution is -1.97. The Morgan fingerprint density at radius 1 is 1.53 bits per heavy atom. The van der Waals surface area contributed by atoms with E-state index >= 15 is 0 Å². The van der Waals surface area contributed by atoms with Crippen LogP contribution in [0.1, 0.15) is 25.3 Å². The number of unbranched alkanes of at least 4 members (excludes halogenated alkanes) is 1. The van der Waals surface area contributed by atoms with Crippen molar-refractivity contribution < 1.29 is 4.74 Å². The molecule has 2 rings (SSSR count). The number of hydrogen-bond donors (Lipinski definition) is 1. The van der Waals surface area contributed by atoms with Gasteiger partial charge in [0.2, 0.25) is 4.77 Å². The molecule has 0 aliphatic rings. The first-order chi connectivity index (χ1) is 9.29. The number of rotatable bonds is 6. The molecule has 0 radical (unpaired) electrons. The number of aromatic amines is 1. The number of benzene rings is 1. The molecule has 0 atom stereocenters. The van der Waals surface area contributed by atoms with Crippen LogP contribution in [-0.2, 0) is 0 Å². The lowest BCUT2D eigenvalue weighted by atomic mass is 10.2. The van der Waals surface area contributed by atoms with Crippen LogP contribution in [0.3, 0.4) is 0 Å². The highest BCUT2D eigenvalue weighted by atomic mass is 32.1. The summed E-state index contributed by atoms with van der Waals surface area (Å²) in [5.74, 6) is 0.855. The number of nitrogens with one attached hydrogen (secondary N) is 1. The van der Waals surface area contributed by atoms with Crippen LogP contribution in [0.2, 0.25) is 0 Å². The Morgan fingerprint density at radius 3 is 3.16 bits per heavy atom. The minimum atomic E-state index is 0.464. The maximum absolute atomic E-state index is 5.64. The molecule has 0 aliphatic heterocycles. The van der Waals surface area contributed by atoms with E-state index in [-0.39, 0.29) is 0 Å². The van der Waals surface area contributed by atoms with Crippen molar-refractivity contribution in [3.05, 3.63) is 40.9 Å². The predicted octanol–water partition coefficient (Wildman–Crippen LogP) is 3.00. The Balaban J connectivity index is 2.04. The molecule has 2 aromatic rings. The lowest BCUT2D eigenvalue weighted by Gasteiger charge is -2.05. The Bertz CT molecular complexity index is 602. The number of hydrogen-bond acceptors (Lipinski definition) is 4. The van der Waals surface area contributed by atoms with Gasteiger partial charge >= 0.3 is 0 Å². The second kappa shape index (κ2) is 6.84. The van der Waals surface area contributed by atoms with Gasteiger partial charge in [-0.3, -0.25) is 5.10 Å². The van der Waals surface area contributed by atoms with Crippen LogP contribution < -0.4 is 4.74 Å². The van der Waals surface area contributed by atoms with Crippen LogP contribution in [0.15, 0.2) is 35.7 Å². The first-order valence-corrected chi connectivity index (χ1v) is 6.59. The molecule has 100 valence electrons. The molecule has 6 heteroatoms. The molecular weight excluding hydrogens is 260 g/mol. The first kappa shape index (κ1) is 13.5. The Hall–Kier alpha value is -1.95. The summed E-state index contributed by atoms with van der Waals surface area (Å²) < 4.78 is 7.60. The monoisotopic (exact) mass is 276 g/mol. The molecule has 1 aromatic carbocycles. The van der Waals surface area contributed by atoms with Gasteiger partial charge in [0.15, 0.2) is 0 Å². The van der Waals surface area contributed by atoms with Crippen LogP contribution in [0.25, 0.3) is 0 Å². The minimum absolute atomic E-state index is 0.464. The topological polar surface area (TPSA) is 55.2 Å². The highest BCUT2D eigenvalue weighted by Crippen LogP contribution is 2.12. The van der Waals surface area contributed by atoms with Gasteiger partial charge in [0.05, 0.1) is 12.8 Å². The van der Waals surface area contributed by atoms with Gasteiger partial charge in [-0.1, -0.05) is 25.5 Å². The quantitative estimate of drug-likeness (QED) is 0.501. The highest BCUT2D eigenvalue weighted by molar-refractivity contribution is 7.71. The van der Waals surface area contributed by atoms with Crippen LogP contribution in [0, 0.1) is 4.77 Å². The summed E-state index contributed by atoms with van der Waals surface area (Å²) in [6, 6.07) is 7.79. The number of H-pyrrole nitrogens is 1. The third kappa shape index (κ3) is 4.03. The SMILES string of the molecule is CCCCOc1cccc(/C=N/n2cn[nH]c2=S)c1. The number of nitrogens with zero attached hydrogens (tertiary/aromatic N) is 3.